The number of aryl methyl sites for hydroxylation is 6. The molecule has 2 saturated heterocycles. The molecule has 3 aliphatic rings. The fourth-order valence-corrected chi connectivity index (χ4v) is 14.0. The molecule has 2 aromatic carbocycles. The molecule has 122 heavy (non-hydrogen) atoms. The maximum atomic E-state index is 13.7. The molecule has 0 bridgehead atoms. The smallest absolute Gasteiger partial charge is 0.291 e. The third kappa shape index (κ3) is 26.9. The number of hydrogen-bond donors (Lipinski definition) is 9. The van der Waals surface area contributed by atoms with Gasteiger partial charge in [-0.3, -0.25) is 62.5 Å². The number of carbonyl (C=O) groups excluding carboxylic acids is 9. The predicted octanol–water partition coefficient (Wildman–Crippen LogP) is 2.65. The molecule has 11 rings (SSSR count). The zero-order chi connectivity index (χ0) is 86.4. The molecule has 9 N–H and O–H groups in total. The van der Waals surface area contributed by atoms with Crippen LogP contribution in [0.4, 0.5) is 23.0 Å². The Balaban J connectivity index is 0.441. The van der Waals surface area contributed by atoms with E-state index in [4.69, 9.17) is 49.8 Å². The summed E-state index contributed by atoms with van der Waals surface area (Å²) in [7, 11) is 9.69. The van der Waals surface area contributed by atoms with Crippen molar-refractivity contribution in [2.45, 2.75) is 57.5 Å². The fraction of sp³-hybridized carbons (Fsp3) is 0.494. The number of piperazine rings is 1. The highest BCUT2D eigenvalue weighted by molar-refractivity contribution is 6.30. The molecule has 0 radical (unpaired) electrons. The molecule has 6 aromatic heterocycles. The van der Waals surface area contributed by atoms with Crippen LogP contribution in [0.5, 0.6) is 5.75 Å². The molecule has 1 atom stereocenters. The zero-order valence-electron chi connectivity index (χ0n) is 69.9. The van der Waals surface area contributed by atoms with E-state index < -0.39 is 47.4 Å². The van der Waals surface area contributed by atoms with Gasteiger partial charge in [-0.25, -0.2) is 15.0 Å². The van der Waals surface area contributed by atoms with Crippen molar-refractivity contribution >= 4 is 93.5 Å². The zero-order valence-corrected chi connectivity index (χ0v) is 70.6. The molecule has 0 unspecified atom stereocenters. The van der Waals surface area contributed by atoms with Crippen LogP contribution in [0.2, 0.25) is 5.02 Å². The van der Waals surface area contributed by atoms with E-state index in [-0.39, 0.29) is 123 Å². The Hall–Kier alpha value is -11.6. The minimum atomic E-state index is -0.637. The van der Waals surface area contributed by atoms with Gasteiger partial charge in [0.25, 0.3) is 29.5 Å². The summed E-state index contributed by atoms with van der Waals surface area (Å²) in [4.78, 5) is 142. The number of aromatic nitrogens is 11. The Bertz CT molecular complexity index is 4900. The molecule has 656 valence electrons. The van der Waals surface area contributed by atoms with Gasteiger partial charge in [-0.15, -0.1) is 10.2 Å². The van der Waals surface area contributed by atoms with Gasteiger partial charge in [-0.05, 0) is 62.2 Å². The second-order valence-corrected chi connectivity index (χ2v) is 29.8. The molecular weight excluding hydrogens is 1600 g/mol. The molecule has 0 aliphatic carbocycles. The summed E-state index contributed by atoms with van der Waals surface area (Å²) in [5, 5.41) is 34.2. The van der Waals surface area contributed by atoms with Crippen LogP contribution in [0.25, 0.3) is 5.69 Å². The highest BCUT2D eigenvalue weighted by atomic mass is 35.5. The molecule has 0 saturated carbocycles. The monoisotopic (exact) mass is 1710 g/mol. The second-order valence-electron chi connectivity index (χ2n) is 29.4. The highest BCUT2D eigenvalue weighted by Crippen LogP contribution is 2.35. The molecule has 40 nitrogen and oxygen atoms in total. The number of hydrogen-bond acceptors (Lipinski definition) is 25. The number of halogens is 1. The number of methoxy groups -OCH3 is 1. The maximum absolute atomic E-state index is 13.7. The number of rotatable bonds is 47. The molecule has 8 aromatic rings. The molecule has 3 aliphatic heterocycles. The molecule has 9 amide bonds. The first-order chi connectivity index (χ1) is 59.0. The van der Waals surface area contributed by atoms with Crippen molar-refractivity contribution in [1.82, 2.24) is 93.8 Å². The van der Waals surface area contributed by atoms with E-state index in [1.807, 2.05) is 54.0 Å². The van der Waals surface area contributed by atoms with E-state index in [2.05, 4.69) is 87.7 Å². The Kier molecular flexibility index (Phi) is 34.3. The number of imidazole rings is 3. The van der Waals surface area contributed by atoms with Gasteiger partial charge in [0.05, 0.1) is 116 Å². The highest BCUT2D eigenvalue weighted by Gasteiger charge is 2.32. The van der Waals surface area contributed by atoms with Crippen LogP contribution < -0.4 is 52.6 Å². The van der Waals surface area contributed by atoms with E-state index in [1.54, 1.807) is 59.3 Å². The number of fused-ring (bicyclic) bond motifs is 3. The van der Waals surface area contributed by atoms with Gasteiger partial charge < -0.3 is 109 Å². The Morgan fingerprint density at radius 1 is 0.475 bits per heavy atom. The number of carbonyl (C=O) groups is 9. The lowest BCUT2D eigenvalue weighted by Gasteiger charge is -2.34. The minimum absolute atomic E-state index is 0.00338. The van der Waals surface area contributed by atoms with Crippen LogP contribution in [0.3, 0.4) is 0 Å². The van der Waals surface area contributed by atoms with Gasteiger partial charge >= 0.3 is 0 Å². The van der Waals surface area contributed by atoms with Crippen molar-refractivity contribution < 1.29 is 76.3 Å². The van der Waals surface area contributed by atoms with Crippen molar-refractivity contribution in [2.75, 3.05) is 193 Å². The van der Waals surface area contributed by atoms with Crippen LogP contribution in [0.15, 0.2) is 96.8 Å². The van der Waals surface area contributed by atoms with Crippen molar-refractivity contribution in [1.29, 1.82) is 0 Å². The largest absolute Gasteiger partial charge is 0.497 e. The average molecular weight is 1710 g/mol. The number of piperidine rings is 1. The second kappa shape index (κ2) is 45.9. The number of nitrogens with zero attached hydrogens (tertiary/aromatic N) is 15. The van der Waals surface area contributed by atoms with Gasteiger partial charge in [-0.2, -0.15) is 0 Å². The van der Waals surface area contributed by atoms with Crippen LogP contribution >= 0.6 is 11.6 Å². The number of nitrogens with one attached hydrogen (secondary N) is 9. The van der Waals surface area contributed by atoms with Crippen LogP contribution in [0, 0.1) is 6.92 Å². The summed E-state index contributed by atoms with van der Waals surface area (Å²) in [6, 6.07) is 15.8. The van der Waals surface area contributed by atoms with Crippen LogP contribution in [-0.4, -0.2) is 304 Å². The van der Waals surface area contributed by atoms with E-state index in [1.165, 1.54) is 55.2 Å². The summed E-state index contributed by atoms with van der Waals surface area (Å²) in [5.41, 5.74) is 4.36. The lowest BCUT2D eigenvalue weighted by Crippen LogP contribution is -2.48. The van der Waals surface area contributed by atoms with Crippen LogP contribution in [-0.2, 0) is 82.8 Å². The number of likely N-dealkylation sites (tertiary alicyclic amines) is 1. The van der Waals surface area contributed by atoms with Crippen molar-refractivity contribution in [2.24, 2.45) is 40.2 Å². The van der Waals surface area contributed by atoms with E-state index in [0.717, 1.165) is 94.3 Å². The third-order valence-corrected chi connectivity index (χ3v) is 20.6. The number of ether oxygens (including phenoxy) is 7. The Morgan fingerprint density at radius 3 is 1.48 bits per heavy atom. The van der Waals surface area contributed by atoms with E-state index in [9.17, 15) is 43.2 Å². The molecular formula is C81H109ClN24O16. The van der Waals surface area contributed by atoms with E-state index >= 15 is 0 Å². The molecule has 2 fully saturated rings. The minimum Gasteiger partial charge on any atom is -0.497 e. The SMILES string of the molecule is COc1ccc2c(c1)C(c1ccc(Cl)cc1)=N[C@@H](CC(=O)NC1CCN(CCOCCOCCOCCN3CCN(CCOCCOCCOCCNC(=O)CCNC(=O)c4nc(NC(=O)CCNC(=O)c5cc(NC(=O)c6nc(NC(=O)CCNC(=O)c7cc(NC(=O)c8nccn8C)cn7C)cn6C)cn5C)cn4C)CC3)CC1)c1nnc(C)n1-2. The van der Waals surface area contributed by atoms with Crippen molar-refractivity contribution in [3.8, 4) is 11.4 Å². The maximum Gasteiger partial charge on any atom is 0.291 e. The van der Waals surface area contributed by atoms with E-state index in [0.29, 0.717) is 101 Å². The van der Waals surface area contributed by atoms with Gasteiger partial charge in [0.2, 0.25) is 35.3 Å². The standard InChI is InChI=1S/C81H109ClN24O16/c1-54-96-97-73-62(91-72(55-8-10-56(82)11-9-55)61-48-60(116-7)12-13-63(61)106(54)73)49-71(110)88-57-17-24-103(25-18-57)31-35-118-39-44-122-45-41-120-37-33-105-29-27-104(28-30-105)32-36-119-40-43-121-42-38-117-34-23-83-68(107)14-19-87-79(113)75-94-66(52-101(75)5)92-69(108)15-20-86-78(112)65-47-59(51-100(65)4)90-81(115)76-95-67(53-102(76)6)93-70(109)16-21-85-77(111)64-46-58(50-99(64)3)89-80(114)74-84-22-26-98(74)2/h8-13,22,26,46-48,50-53,57,62H,14-21,23-25,27-45,49H2,1-7H3,(H,83,107)(H,85,111)(H,86,112)(H,87,113)(H,88,110)(H,89,114)(H,90,115)(H,92,108)(H,93,109)/t62-/m0/s1. The number of anilines is 4. The quantitative estimate of drug-likeness (QED) is 0.0248. The molecule has 9 heterocycles. The Labute approximate surface area is 710 Å². The first-order valence-corrected chi connectivity index (χ1v) is 41.0. The van der Waals surface area contributed by atoms with Gasteiger partial charge in [0, 0.05) is 199 Å². The summed E-state index contributed by atoms with van der Waals surface area (Å²) in [6.45, 7) is 16.0. The first kappa shape index (κ1) is 91.1. The van der Waals surface area contributed by atoms with Crippen molar-refractivity contribution in [3.05, 3.63) is 148 Å². The first-order valence-electron chi connectivity index (χ1n) is 40.6. The Morgan fingerprint density at radius 2 is 0.959 bits per heavy atom. The number of benzene rings is 2. The predicted molar refractivity (Wildman–Crippen MR) is 450 cm³/mol. The number of amides is 9. The fourth-order valence-electron chi connectivity index (χ4n) is 13.9. The summed E-state index contributed by atoms with van der Waals surface area (Å²) >= 11 is 6.28. The van der Waals surface area contributed by atoms with Crippen molar-refractivity contribution in [3.63, 3.8) is 0 Å². The van der Waals surface area contributed by atoms with Gasteiger partial charge in [0.15, 0.2) is 23.3 Å². The lowest BCUT2D eigenvalue weighted by molar-refractivity contribution is -0.123. The third-order valence-electron chi connectivity index (χ3n) is 20.4. The normalized spacial score (nSPS) is 14.4. The summed E-state index contributed by atoms with van der Waals surface area (Å²) in [6.07, 6.45) is 10.7. The summed E-state index contributed by atoms with van der Waals surface area (Å²) in [5.74, 6) is -1.67. The van der Waals surface area contributed by atoms with Gasteiger partial charge in [-0.1, -0.05) is 23.7 Å². The lowest BCUT2D eigenvalue weighted by atomic mass is 10.00. The average Bonchev–Trinajstić information content (AvgIpc) is 1.60. The summed E-state index contributed by atoms with van der Waals surface area (Å²) < 4.78 is 49.6. The molecule has 41 heteroatoms. The topological polar surface area (TPSA) is 443 Å². The molecule has 0 spiro atoms. The van der Waals surface area contributed by atoms with Gasteiger partial charge in [0.1, 0.15) is 29.0 Å². The van der Waals surface area contributed by atoms with Crippen LogP contribution in [0.1, 0.15) is 120 Å². The number of aliphatic imine (C=N–C) groups is 1.